The highest BCUT2D eigenvalue weighted by Crippen LogP contribution is 2.17. The summed E-state index contributed by atoms with van der Waals surface area (Å²) in [7, 11) is -3.90. The highest BCUT2D eigenvalue weighted by atomic mass is 32.2. The number of benzene rings is 2. The molecule has 1 atom stereocenters. The summed E-state index contributed by atoms with van der Waals surface area (Å²) in [4.78, 5) is 39.4. The van der Waals surface area contributed by atoms with E-state index >= 15 is 0 Å². The summed E-state index contributed by atoms with van der Waals surface area (Å²) in [6.07, 6.45) is 3.24. The first-order valence-corrected chi connectivity index (χ1v) is 11.1. The van der Waals surface area contributed by atoms with E-state index in [4.69, 9.17) is 4.74 Å². The number of hydrogen-bond donors (Lipinski definition) is 3. The first-order valence-electron chi connectivity index (χ1n) is 9.67. The van der Waals surface area contributed by atoms with Gasteiger partial charge >= 0.3 is 5.97 Å². The lowest BCUT2D eigenvalue weighted by molar-refractivity contribution is -0.123. The van der Waals surface area contributed by atoms with Gasteiger partial charge in [-0.25, -0.2) is 32.9 Å². The monoisotopic (exact) mass is 466 g/mol. The molecule has 11 nitrogen and oxygen atoms in total. The number of aromatic nitrogens is 4. The second-order valence-corrected chi connectivity index (χ2v) is 8.56. The lowest BCUT2D eigenvalue weighted by Crippen LogP contribution is -2.30. The molecule has 12 heteroatoms. The van der Waals surface area contributed by atoms with E-state index in [1.807, 2.05) is 0 Å². The Morgan fingerprint density at radius 2 is 1.76 bits per heavy atom. The lowest BCUT2D eigenvalue weighted by Gasteiger charge is -2.14. The van der Waals surface area contributed by atoms with Crippen molar-refractivity contribution in [2.24, 2.45) is 0 Å². The van der Waals surface area contributed by atoms with Crippen molar-refractivity contribution in [1.82, 2.24) is 19.9 Å². The van der Waals surface area contributed by atoms with Crippen molar-refractivity contribution < 1.29 is 22.7 Å². The number of esters is 1. The predicted molar refractivity (Wildman–Crippen MR) is 119 cm³/mol. The number of anilines is 2. The van der Waals surface area contributed by atoms with Crippen LogP contribution in [0.4, 0.5) is 11.6 Å². The summed E-state index contributed by atoms with van der Waals surface area (Å²) in [6.45, 7) is 1.44. The SMILES string of the molecule is CC(OC(=O)c1ccc2nc[nH]c2c1)C(=O)Nc1ccc(S(=O)(=O)Nc2ncccn2)cc1. The van der Waals surface area contributed by atoms with Gasteiger partial charge < -0.3 is 15.0 Å². The maximum atomic E-state index is 12.4. The smallest absolute Gasteiger partial charge is 0.338 e. The normalized spacial score (nSPS) is 12.2. The van der Waals surface area contributed by atoms with Crippen LogP contribution in [-0.4, -0.2) is 46.3 Å². The summed E-state index contributed by atoms with van der Waals surface area (Å²) in [5.41, 5.74) is 1.98. The van der Waals surface area contributed by atoms with E-state index in [1.165, 1.54) is 49.9 Å². The van der Waals surface area contributed by atoms with Crippen LogP contribution in [0.1, 0.15) is 17.3 Å². The van der Waals surface area contributed by atoms with E-state index in [1.54, 1.807) is 24.3 Å². The fourth-order valence-electron chi connectivity index (χ4n) is 2.84. The number of sulfonamides is 1. The number of carbonyl (C=O) groups is 2. The average Bonchev–Trinajstić information content (AvgIpc) is 3.27. The molecule has 0 aliphatic rings. The van der Waals surface area contributed by atoms with Crippen molar-refractivity contribution in [2.45, 2.75) is 17.9 Å². The minimum Gasteiger partial charge on any atom is -0.449 e. The first kappa shape index (κ1) is 21.9. The number of imidazole rings is 1. The van der Waals surface area contributed by atoms with Crippen molar-refractivity contribution in [3.05, 3.63) is 72.8 Å². The predicted octanol–water partition coefficient (Wildman–Crippen LogP) is 2.34. The van der Waals surface area contributed by atoms with E-state index < -0.39 is 28.0 Å². The number of hydrogen-bond acceptors (Lipinski definition) is 8. The molecule has 0 spiro atoms. The molecule has 4 aromatic rings. The summed E-state index contributed by atoms with van der Waals surface area (Å²) >= 11 is 0. The Kier molecular flexibility index (Phi) is 6.00. The molecule has 1 amide bonds. The highest BCUT2D eigenvalue weighted by molar-refractivity contribution is 7.92. The van der Waals surface area contributed by atoms with Gasteiger partial charge in [0.1, 0.15) is 0 Å². The van der Waals surface area contributed by atoms with Crippen LogP contribution in [-0.2, 0) is 19.6 Å². The Bertz CT molecular complexity index is 1400. The lowest BCUT2D eigenvalue weighted by atomic mass is 10.2. The molecular weight excluding hydrogens is 448 g/mol. The molecule has 0 saturated carbocycles. The van der Waals surface area contributed by atoms with Crippen LogP contribution in [0.2, 0.25) is 0 Å². The van der Waals surface area contributed by atoms with Crippen LogP contribution in [0.15, 0.2) is 72.1 Å². The van der Waals surface area contributed by atoms with E-state index in [0.717, 1.165) is 0 Å². The minimum absolute atomic E-state index is 0.0402. The Hall–Kier alpha value is -4.32. The molecule has 3 N–H and O–H groups in total. The molecule has 0 radical (unpaired) electrons. The summed E-state index contributed by atoms with van der Waals surface area (Å²) < 4.78 is 32.3. The fraction of sp³-hybridized carbons (Fsp3) is 0.0952. The molecule has 0 aliphatic carbocycles. The molecule has 0 fully saturated rings. The highest BCUT2D eigenvalue weighted by Gasteiger charge is 2.20. The summed E-state index contributed by atoms with van der Waals surface area (Å²) in [6, 6.07) is 11.8. The Balaban J connectivity index is 1.37. The average molecular weight is 466 g/mol. The fourth-order valence-corrected chi connectivity index (χ4v) is 3.79. The number of nitrogens with zero attached hydrogens (tertiary/aromatic N) is 3. The number of aromatic amines is 1. The molecular formula is C21H18N6O5S. The van der Waals surface area contributed by atoms with Crippen LogP contribution >= 0.6 is 0 Å². The molecule has 2 aromatic heterocycles. The van der Waals surface area contributed by atoms with E-state index in [2.05, 4.69) is 30.0 Å². The molecule has 1 unspecified atom stereocenters. The van der Waals surface area contributed by atoms with Crippen LogP contribution in [0, 0.1) is 0 Å². The molecule has 2 aromatic carbocycles. The zero-order valence-electron chi connectivity index (χ0n) is 17.2. The van der Waals surface area contributed by atoms with Gasteiger partial charge in [-0.1, -0.05) is 0 Å². The van der Waals surface area contributed by atoms with Crippen molar-refractivity contribution in [3.63, 3.8) is 0 Å². The van der Waals surface area contributed by atoms with Gasteiger partial charge in [0.05, 0.1) is 27.8 Å². The Labute approximate surface area is 188 Å². The quantitative estimate of drug-likeness (QED) is 0.350. The molecule has 0 saturated heterocycles. The minimum atomic E-state index is -3.90. The Morgan fingerprint density at radius 1 is 1.03 bits per heavy atom. The molecule has 4 rings (SSSR count). The van der Waals surface area contributed by atoms with Gasteiger partial charge in [-0.2, -0.15) is 0 Å². The number of amides is 1. The number of rotatable bonds is 7. The van der Waals surface area contributed by atoms with Crippen molar-refractivity contribution in [1.29, 1.82) is 0 Å². The van der Waals surface area contributed by atoms with Gasteiger partial charge in [-0.15, -0.1) is 0 Å². The maximum Gasteiger partial charge on any atom is 0.338 e. The van der Waals surface area contributed by atoms with Gasteiger partial charge in [0.15, 0.2) is 6.10 Å². The number of carbonyl (C=O) groups excluding carboxylic acids is 2. The van der Waals surface area contributed by atoms with Gasteiger partial charge in [-0.05, 0) is 55.5 Å². The zero-order chi connectivity index (χ0) is 23.4. The number of fused-ring (bicyclic) bond motifs is 1. The molecule has 0 aliphatic heterocycles. The summed E-state index contributed by atoms with van der Waals surface area (Å²) in [5, 5.41) is 2.58. The van der Waals surface area contributed by atoms with Crippen LogP contribution in [0.3, 0.4) is 0 Å². The van der Waals surface area contributed by atoms with Gasteiger partial charge in [0.2, 0.25) is 5.95 Å². The molecule has 2 heterocycles. The van der Waals surface area contributed by atoms with Crippen LogP contribution in [0.25, 0.3) is 11.0 Å². The second-order valence-electron chi connectivity index (χ2n) is 6.87. The molecule has 33 heavy (non-hydrogen) atoms. The van der Waals surface area contributed by atoms with Gasteiger partial charge in [0, 0.05) is 18.1 Å². The third-order valence-electron chi connectivity index (χ3n) is 4.53. The Morgan fingerprint density at radius 3 is 2.48 bits per heavy atom. The van der Waals surface area contributed by atoms with Crippen LogP contribution < -0.4 is 10.0 Å². The first-order chi connectivity index (χ1) is 15.8. The van der Waals surface area contributed by atoms with E-state index in [-0.39, 0.29) is 16.4 Å². The van der Waals surface area contributed by atoms with Crippen molar-refractivity contribution in [3.8, 4) is 0 Å². The van der Waals surface area contributed by atoms with Crippen LogP contribution in [0.5, 0.6) is 0 Å². The van der Waals surface area contributed by atoms with Crippen molar-refractivity contribution >= 4 is 44.6 Å². The zero-order valence-corrected chi connectivity index (χ0v) is 18.0. The third-order valence-corrected chi connectivity index (χ3v) is 5.88. The van der Waals surface area contributed by atoms with Gasteiger partial charge in [0.25, 0.3) is 15.9 Å². The number of nitrogens with one attached hydrogen (secondary N) is 3. The van der Waals surface area contributed by atoms with Crippen molar-refractivity contribution in [2.75, 3.05) is 10.0 Å². The number of H-pyrrole nitrogens is 1. The third kappa shape index (κ3) is 5.13. The van der Waals surface area contributed by atoms with E-state index in [0.29, 0.717) is 16.7 Å². The summed E-state index contributed by atoms with van der Waals surface area (Å²) in [5.74, 6) is -1.29. The molecule has 168 valence electrons. The largest absolute Gasteiger partial charge is 0.449 e. The standard InChI is InChI=1S/C21H18N6O5S/c1-13(32-20(29)14-3-8-17-18(11-14)25-12-24-17)19(28)26-15-4-6-16(7-5-15)33(30,31)27-21-22-9-2-10-23-21/h2-13H,1H3,(H,24,25)(H,26,28)(H,22,23,27). The van der Waals surface area contributed by atoms with Gasteiger partial charge in [-0.3, -0.25) is 4.79 Å². The molecule has 0 bridgehead atoms. The number of ether oxygens (including phenoxy) is 1. The second kappa shape index (κ2) is 9.04. The maximum absolute atomic E-state index is 12.4. The topological polar surface area (TPSA) is 156 Å². The van der Waals surface area contributed by atoms with E-state index in [9.17, 15) is 18.0 Å².